The van der Waals surface area contributed by atoms with Gasteiger partial charge in [-0.05, 0) is 30.2 Å². The van der Waals surface area contributed by atoms with Gasteiger partial charge in [0.1, 0.15) is 0 Å². The summed E-state index contributed by atoms with van der Waals surface area (Å²) in [4.78, 5) is 12.3. The molecular formula is C21H27ClN2O3S. The molecule has 2 N–H and O–H groups in total. The van der Waals surface area contributed by atoms with Crippen LogP contribution in [0.2, 0.25) is 0 Å². The minimum Gasteiger partial charge on any atom is -0.330 e. The molecule has 0 saturated carbocycles. The summed E-state index contributed by atoms with van der Waals surface area (Å²) >= 11 is 0. The Kier molecular flexibility index (Phi) is 7.39. The van der Waals surface area contributed by atoms with Crippen molar-refractivity contribution in [3.05, 3.63) is 65.7 Å². The minimum atomic E-state index is -3.62. The fourth-order valence-electron chi connectivity index (χ4n) is 3.62. The molecule has 0 radical (unpaired) electrons. The quantitative estimate of drug-likeness (QED) is 0.724. The molecule has 1 heterocycles. The summed E-state index contributed by atoms with van der Waals surface area (Å²) in [6, 6.07) is 16.2. The van der Waals surface area contributed by atoms with Crippen LogP contribution in [-0.4, -0.2) is 38.1 Å². The van der Waals surface area contributed by atoms with E-state index in [1.54, 1.807) is 12.1 Å². The zero-order chi connectivity index (χ0) is 19.6. The van der Waals surface area contributed by atoms with Gasteiger partial charge < -0.3 is 5.73 Å². The number of Topliss-reactive ketones (excluding diaryl/α,β-unsaturated/α-hetero) is 1. The SMILES string of the molecule is CC(C)C(=O)c1ccc(S(=O)(=O)N2C[C@@H](CN)[C@H](c3ccccc3)C2)cc1.Cl. The van der Waals surface area contributed by atoms with Crippen molar-refractivity contribution in [2.45, 2.75) is 24.7 Å². The normalized spacial score (nSPS) is 20.1. The number of carbonyl (C=O) groups excluding carboxylic acids is 1. The maximum absolute atomic E-state index is 13.1. The highest BCUT2D eigenvalue weighted by Gasteiger charge is 2.39. The van der Waals surface area contributed by atoms with Crippen LogP contribution in [0, 0.1) is 11.8 Å². The molecule has 2 aromatic rings. The molecule has 1 aliphatic heterocycles. The van der Waals surface area contributed by atoms with Crippen LogP contribution in [0.3, 0.4) is 0 Å². The van der Waals surface area contributed by atoms with Gasteiger partial charge in [-0.2, -0.15) is 4.31 Å². The Labute approximate surface area is 173 Å². The van der Waals surface area contributed by atoms with Gasteiger partial charge >= 0.3 is 0 Å². The first kappa shape index (κ1) is 22.6. The largest absolute Gasteiger partial charge is 0.330 e. The second kappa shape index (κ2) is 9.18. The van der Waals surface area contributed by atoms with Crippen LogP contribution in [-0.2, 0) is 10.0 Å². The van der Waals surface area contributed by atoms with Gasteiger partial charge in [0.15, 0.2) is 5.78 Å². The molecule has 2 atom stereocenters. The predicted octanol–water partition coefficient (Wildman–Crippen LogP) is 3.31. The maximum Gasteiger partial charge on any atom is 0.243 e. The number of hydrogen-bond acceptors (Lipinski definition) is 4. The molecule has 3 rings (SSSR count). The fraction of sp³-hybridized carbons (Fsp3) is 0.381. The van der Waals surface area contributed by atoms with Crippen molar-refractivity contribution in [2.24, 2.45) is 17.6 Å². The summed E-state index contributed by atoms with van der Waals surface area (Å²) < 4.78 is 27.7. The molecule has 2 aromatic carbocycles. The molecule has 0 spiro atoms. The molecule has 1 aliphatic rings. The van der Waals surface area contributed by atoms with Gasteiger partial charge in [0.2, 0.25) is 10.0 Å². The summed E-state index contributed by atoms with van der Waals surface area (Å²) in [6.45, 7) is 4.92. The first-order valence-corrected chi connectivity index (χ1v) is 10.7. The fourth-order valence-corrected chi connectivity index (χ4v) is 5.14. The second-order valence-electron chi connectivity index (χ2n) is 7.38. The Balaban J connectivity index is 0.00000280. The summed E-state index contributed by atoms with van der Waals surface area (Å²) in [6.07, 6.45) is 0. The van der Waals surface area contributed by atoms with E-state index < -0.39 is 10.0 Å². The molecule has 1 saturated heterocycles. The van der Waals surface area contributed by atoms with Gasteiger partial charge in [-0.1, -0.05) is 56.3 Å². The molecule has 5 nitrogen and oxygen atoms in total. The van der Waals surface area contributed by atoms with Crippen LogP contribution in [0.5, 0.6) is 0 Å². The summed E-state index contributed by atoms with van der Waals surface area (Å²) in [5.74, 6) is 0.0622. The van der Waals surface area contributed by atoms with Crippen LogP contribution >= 0.6 is 12.4 Å². The lowest BCUT2D eigenvalue weighted by Gasteiger charge is -2.17. The number of benzene rings is 2. The van der Waals surface area contributed by atoms with Crippen molar-refractivity contribution < 1.29 is 13.2 Å². The van der Waals surface area contributed by atoms with Crippen LogP contribution < -0.4 is 5.73 Å². The lowest BCUT2D eigenvalue weighted by atomic mass is 9.89. The van der Waals surface area contributed by atoms with Crippen LogP contribution in [0.1, 0.15) is 35.7 Å². The van der Waals surface area contributed by atoms with Crippen molar-refractivity contribution >= 4 is 28.2 Å². The van der Waals surface area contributed by atoms with Crippen LogP contribution in [0.25, 0.3) is 0 Å². The first-order chi connectivity index (χ1) is 12.8. The molecular weight excluding hydrogens is 396 g/mol. The lowest BCUT2D eigenvalue weighted by Crippen LogP contribution is -2.30. The predicted molar refractivity (Wildman–Crippen MR) is 113 cm³/mol. The molecule has 152 valence electrons. The standard InChI is InChI=1S/C21H26N2O3S.ClH/c1-15(2)21(24)17-8-10-19(11-9-17)27(25,26)23-13-18(12-22)20(14-23)16-6-4-3-5-7-16;/h3-11,15,18,20H,12-14,22H2,1-2H3;1H/t18-,20+;/m1./s1. The molecule has 0 aromatic heterocycles. The van der Waals surface area contributed by atoms with E-state index in [2.05, 4.69) is 0 Å². The van der Waals surface area contributed by atoms with Gasteiger partial charge in [-0.15, -0.1) is 12.4 Å². The number of ketones is 1. The van der Waals surface area contributed by atoms with E-state index in [-0.39, 0.29) is 40.8 Å². The monoisotopic (exact) mass is 422 g/mol. The summed E-state index contributed by atoms with van der Waals surface area (Å²) in [7, 11) is -3.62. The molecule has 1 fully saturated rings. The third-order valence-electron chi connectivity index (χ3n) is 5.24. The van der Waals surface area contributed by atoms with Gasteiger partial charge in [-0.3, -0.25) is 4.79 Å². The molecule has 0 bridgehead atoms. The number of nitrogens with two attached hydrogens (primary N) is 1. The topological polar surface area (TPSA) is 80.5 Å². The Bertz CT molecular complexity index is 899. The number of hydrogen-bond donors (Lipinski definition) is 1. The molecule has 7 heteroatoms. The number of rotatable bonds is 6. The van der Waals surface area contributed by atoms with Gasteiger partial charge in [0.25, 0.3) is 0 Å². The second-order valence-corrected chi connectivity index (χ2v) is 9.32. The number of carbonyl (C=O) groups is 1. The smallest absolute Gasteiger partial charge is 0.243 e. The van der Waals surface area contributed by atoms with Crippen molar-refractivity contribution in [3.8, 4) is 0 Å². The Hall–Kier alpha value is -1.73. The average Bonchev–Trinajstić information content (AvgIpc) is 3.13. The maximum atomic E-state index is 13.1. The highest BCUT2D eigenvalue weighted by Crippen LogP contribution is 2.35. The summed E-state index contributed by atoms with van der Waals surface area (Å²) in [5, 5.41) is 0. The van der Waals surface area contributed by atoms with E-state index in [1.807, 2.05) is 44.2 Å². The highest BCUT2D eigenvalue weighted by atomic mass is 35.5. The number of nitrogens with zero attached hydrogens (tertiary/aromatic N) is 1. The van der Waals surface area contributed by atoms with E-state index in [0.29, 0.717) is 25.2 Å². The Morgan fingerprint density at radius 1 is 1.07 bits per heavy atom. The third-order valence-corrected chi connectivity index (χ3v) is 7.08. The van der Waals surface area contributed by atoms with Crippen molar-refractivity contribution in [2.75, 3.05) is 19.6 Å². The van der Waals surface area contributed by atoms with Gasteiger partial charge in [0, 0.05) is 30.5 Å². The Morgan fingerprint density at radius 3 is 2.21 bits per heavy atom. The number of halogens is 1. The summed E-state index contributed by atoms with van der Waals surface area (Å²) in [5.41, 5.74) is 7.58. The van der Waals surface area contributed by atoms with E-state index in [4.69, 9.17) is 5.73 Å². The minimum absolute atomic E-state index is 0. The van der Waals surface area contributed by atoms with E-state index >= 15 is 0 Å². The molecule has 28 heavy (non-hydrogen) atoms. The van der Waals surface area contributed by atoms with Gasteiger partial charge in [0.05, 0.1) is 4.90 Å². The van der Waals surface area contributed by atoms with Crippen molar-refractivity contribution in [1.29, 1.82) is 0 Å². The van der Waals surface area contributed by atoms with Crippen LogP contribution in [0.15, 0.2) is 59.5 Å². The van der Waals surface area contributed by atoms with E-state index in [9.17, 15) is 13.2 Å². The zero-order valence-corrected chi connectivity index (χ0v) is 17.7. The van der Waals surface area contributed by atoms with Crippen LogP contribution in [0.4, 0.5) is 0 Å². The average molecular weight is 423 g/mol. The van der Waals surface area contributed by atoms with Gasteiger partial charge in [-0.25, -0.2) is 8.42 Å². The molecule has 0 unspecified atom stereocenters. The zero-order valence-electron chi connectivity index (χ0n) is 16.1. The number of sulfonamides is 1. The lowest BCUT2D eigenvalue weighted by molar-refractivity contribution is 0.0939. The van der Waals surface area contributed by atoms with E-state index in [0.717, 1.165) is 5.56 Å². The Morgan fingerprint density at radius 2 is 1.68 bits per heavy atom. The molecule has 0 aliphatic carbocycles. The third kappa shape index (κ3) is 4.46. The van der Waals surface area contributed by atoms with Crippen molar-refractivity contribution in [1.82, 2.24) is 4.31 Å². The van der Waals surface area contributed by atoms with E-state index in [1.165, 1.54) is 16.4 Å². The first-order valence-electron chi connectivity index (χ1n) is 9.24. The van der Waals surface area contributed by atoms with Crippen molar-refractivity contribution in [3.63, 3.8) is 0 Å². The highest BCUT2D eigenvalue weighted by molar-refractivity contribution is 7.89. The molecule has 0 amide bonds.